The number of amides is 1. The van der Waals surface area contributed by atoms with Crippen LogP contribution in [0.15, 0.2) is 35.1 Å². The van der Waals surface area contributed by atoms with E-state index in [-0.39, 0.29) is 16.9 Å². The van der Waals surface area contributed by atoms with Crippen molar-refractivity contribution in [3.05, 3.63) is 58.0 Å². The van der Waals surface area contributed by atoms with Crippen LogP contribution in [-0.4, -0.2) is 15.7 Å². The number of aryl methyl sites for hydroxylation is 1. The second kappa shape index (κ2) is 6.25. The molecular formula is C14H13F2N3O2. The molecule has 2 aromatic rings. The largest absolute Gasteiger partial charge is 0.320 e. The summed E-state index contributed by atoms with van der Waals surface area (Å²) >= 11 is 0. The Morgan fingerprint density at radius 3 is 2.67 bits per heavy atom. The van der Waals surface area contributed by atoms with E-state index in [0.717, 1.165) is 12.1 Å². The molecule has 0 saturated carbocycles. The third kappa shape index (κ3) is 3.50. The first kappa shape index (κ1) is 14.8. The molecule has 1 amide bonds. The highest BCUT2D eigenvalue weighted by Gasteiger charge is 2.11. The fourth-order valence-corrected chi connectivity index (χ4v) is 1.71. The van der Waals surface area contributed by atoms with E-state index in [4.69, 9.17) is 0 Å². The molecule has 1 aromatic heterocycles. The number of halogens is 2. The van der Waals surface area contributed by atoms with Crippen molar-refractivity contribution in [3.8, 4) is 0 Å². The molecule has 1 N–H and O–H groups in total. The van der Waals surface area contributed by atoms with Crippen LogP contribution in [0.4, 0.5) is 14.5 Å². The van der Waals surface area contributed by atoms with Gasteiger partial charge in [-0.3, -0.25) is 9.59 Å². The minimum absolute atomic E-state index is 0.0211. The third-order valence-corrected chi connectivity index (χ3v) is 2.71. The minimum Gasteiger partial charge on any atom is -0.320 e. The smallest absolute Gasteiger partial charge is 0.276 e. The number of hydrogen-bond donors (Lipinski definition) is 1. The number of carbonyl (C=O) groups is 1. The molecule has 0 unspecified atom stereocenters. The Bertz CT molecular complexity index is 728. The maximum absolute atomic E-state index is 13.1. The molecule has 1 aromatic carbocycles. The first-order chi connectivity index (χ1) is 10.0. The number of nitrogens with zero attached hydrogens (tertiary/aromatic N) is 2. The van der Waals surface area contributed by atoms with Crippen LogP contribution in [0.3, 0.4) is 0 Å². The summed E-state index contributed by atoms with van der Waals surface area (Å²) in [6.07, 6.45) is 0.696. The van der Waals surface area contributed by atoms with Crippen molar-refractivity contribution in [2.45, 2.75) is 19.9 Å². The molecule has 0 fully saturated rings. The van der Waals surface area contributed by atoms with Gasteiger partial charge in [0.2, 0.25) is 0 Å². The van der Waals surface area contributed by atoms with Crippen molar-refractivity contribution in [2.24, 2.45) is 0 Å². The number of aromatic nitrogens is 2. The molecule has 110 valence electrons. The van der Waals surface area contributed by atoms with E-state index in [0.29, 0.717) is 13.0 Å². The Kier molecular flexibility index (Phi) is 4.42. The second-order valence-electron chi connectivity index (χ2n) is 4.36. The lowest BCUT2D eigenvalue weighted by Gasteiger charge is -2.07. The van der Waals surface area contributed by atoms with Gasteiger partial charge in [-0.1, -0.05) is 6.92 Å². The van der Waals surface area contributed by atoms with Crippen molar-refractivity contribution in [2.75, 3.05) is 5.32 Å². The van der Waals surface area contributed by atoms with Crippen molar-refractivity contribution in [1.29, 1.82) is 0 Å². The SMILES string of the molecule is CCCn1nc(C(=O)Nc2ccc(F)c(F)c2)ccc1=O. The quantitative estimate of drug-likeness (QED) is 0.939. The molecule has 1 heterocycles. The van der Waals surface area contributed by atoms with Crippen LogP contribution in [0.1, 0.15) is 23.8 Å². The minimum atomic E-state index is -1.06. The van der Waals surface area contributed by atoms with Crippen LogP contribution in [0, 0.1) is 11.6 Å². The maximum Gasteiger partial charge on any atom is 0.276 e. The van der Waals surface area contributed by atoms with Crippen LogP contribution >= 0.6 is 0 Å². The molecule has 0 radical (unpaired) electrons. The topological polar surface area (TPSA) is 64.0 Å². The number of rotatable bonds is 4. The summed E-state index contributed by atoms with van der Waals surface area (Å²) in [6.45, 7) is 2.27. The molecule has 0 atom stereocenters. The lowest BCUT2D eigenvalue weighted by Crippen LogP contribution is -2.26. The molecule has 0 aliphatic heterocycles. The molecule has 7 heteroatoms. The number of nitrogens with one attached hydrogen (secondary N) is 1. The van der Waals surface area contributed by atoms with Crippen molar-refractivity contribution in [1.82, 2.24) is 9.78 Å². The fraction of sp³-hybridized carbons (Fsp3) is 0.214. The van der Waals surface area contributed by atoms with E-state index in [9.17, 15) is 18.4 Å². The standard InChI is InChI=1S/C14H13F2N3O2/c1-2-7-19-13(20)6-5-12(18-19)14(21)17-9-3-4-10(15)11(16)8-9/h3-6,8H,2,7H2,1H3,(H,17,21). The summed E-state index contributed by atoms with van der Waals surface area (Å²) in [5.74, 6) is -2.66. The monoisotopic (exact) mass is 293 g/mol. The van der Waals surface area contributed by atoms with Crippen LogP contribution in [-0.2, 0) is 6.54 Å². The first-order valence-electron chi connectivity index (χ1n) is 6.36. The van der Waals surface area contributed by atoms with E-state index >= 15 is 0 Å². The van der Waals surface area contributed by atoms with E-state index in [2.05, 4.69) is 10.4 Å². The molecular weight excluding hydrogens is 280 g/mol. The zero-order valence-corrected chi connectivity index (χ0v) is 11.3. The van der Waals surface area contributed by atoms with Crippen LogP contribution in [0.5, 0.6) is 0 Å². The fourth-order valence-electron chi connectivity index (χ4n) is 1.71. The molecule has 0 aliphatic rings. The molecule has 0 bridgehead atoms. The van der Waals surface area contributed by atoms with Gasteiger partial charge in [-0.05, 0) is 24.6 Å². The molecule has 5 nitrogen and oxygen atoms in total. The van der Waals surface area contributed by atoms with Crippen molar-refractivity contribution < 1.29 is 13.6 Å². The Hall–Kier alpha value is -2.57. The Labute approximate surface area is 119 Å². The summed E-state index contributed by atoms with van der Waals surface area (Å²) in [7, 11) is 0. The summed E-state index contributed by atoms with van der Waals surface area (Å²) in [5.41, 5.74) is -0.178. The predicted molar refractivity (Wildman–Crippen MR) is 73.1 cm³/mol. The van der Waals surface area contributed by atoms with Crippen molar-refractivity contribution >= 4 is 11.6 Å². The molecule has 2 rings (SSSR count). The van der Waals surface area contributed by atoms with E-state index < -0.39 is 17.5 Å². The number of anilines is 1. The summed E-state index contributed by atoms with van der Waals surface area (Å²) in [6, 6.07) is 5.54. The summed E-state index contributed by atoms with van der Waals surface area (Å²) < 4.78 is 27.0. The van der Waals surface area contributed by atoms with Gasteiger partial charge in [0.25, 0.3) is 11.5 Å². The first-order valence-corrected chi connectivity index (χ1v) is 6.36. The predicted octanol–water partition coefficient (Wildman–Crippen LogP) is 2.18. The van der Waals surface area contributed by atoms with Gasteiger partial charge in [0.05, 0.1) is 0 Å². The molecule has 21 heavy (non-hydrogen) atoms. The molecule has 0 spiro atoms. The lowest BCUT2D eigenvalue weighted by molar-refractivity contribution is 0.101. The highest BCUT2D eigenvalue weighted by atomic mass is 19.2. The summed E-state index contributed by atoms with van der Waals surface area (Å²) in [5, 5.41) is 6.31. The zero-order chi connectivity index (χ0) is 15.4. The zero-order valence-electron chi connectivity index (χ0n) is 11.3. The van der Waals surface area contributed by atoms with Gasteiger partial charge in [-0.25, -0.2) is 13.5 Å². The lowest BCUT2D eigenvalue weighted by atomic mass is 10.3. The average Bonchev–Trinajstić information content (AvgIpc) is 2.45. The van der Waals surface area contributed by atoms with Crippen LogP contribution in [0.2, 0.25) is 0 Å². The van der Waals surface area contributed by atoms with E-state index in [1.54, 1.807) is 0 Å². The van der Waals surface area contributed by atoms with Gasteiger partial charge in [0.1, 0.15) is 5.69 Å². The number of hydrogen-bond acceptors (Lipinski definition) is 3. The van der Waals surface area contributed by atoms with E-state index in [1.807, 2.05) is 6.92 Å². The molecule has 0 saturated heterocycles. The number of carbonyl (C=O) groups excluding carboxylic acids is 1. The highest BCUT2D eigenvalue weighted by molar-refractivity contribution is 6.02. The average molecular weight is 293 g/mol. The van der Waals surface area contributed by atoms with Crippen LogP contribution < -0.4 is 10.9 Å². The Morgan fingerprint density at radius 1 is 1.24 bits per heavy atom. The second-order valence-corrected chi connectivity index (χ2v) is 4.36. The third-order valence-electron chi connectivity index (χ3n) is 2.71. The van der Waals surface area contributed by atoms with E-state index in [1.165, 1.54) is 22.9 Å². The van der Waals surface area contributed by atoms with Crippen molar-refractivity contribution in [3.63, 3.8) is 0 Å². The van der Waals surface area contributed by atoms with Gasteiger partial charge in [-0.2, -0.15) is 5.10 Å². The molecule has 0 aliphatic carbocycles. The van der Waals surface area contributed by atoms with Crippen LogP contribution in [0.25, 0.3) is 0 Å². The number of benzene rings is 1. The van der Waals surface area contributed by atoms with Gasteiger partial charge < -0.3 is 5.32 Å². The van der Waals surface area contributed by atoms with Gasteiger partial charge in [-0.15, -0.1) is 0 Å². The Balaban J connectivity index is 2.21. The van der Waals surface area contributed by atoms with Gasteiger partial charge >= 0.3 is 0 Å². The normalized spacial score (nSPS) is 10.4. The maximum atomic E-state index is 13.1. The van der Waals surface area contributed by atoms with Gasteiger partial charge in [0, 0.05) is 24.4 Å². The van der Waals surface area contributed by atoms with Gasteiger partial charge in [0.15, 0.2) is 11.6 Å². The Morgan fingerprint density at radius 2 is 2.00 bits per heavy atom. The highest BCUT2D eigenvalue weighted by Crippen LogP contribution is 2.13. The summed E-state index contributed by atoms with van der Waals surface area (Å²) in [4.78, 5) is 23.5.